The van der Waals surface area contributed by atoms with Crippen LogP contribution in [0.3, 0.4) is 0 Å². The van der Waals surface area contributed by atoms with Gasteiger partial charge in [-0.25, -0.2) is 4.68 Å². The van der Waals surface area contributed by atoms with E-state index in [-0.39, 0.29) is 5.91 Å². The molecule has 2 heterocycles. The molecule has 1 saturated heterocycles. The average molecular weight is 246 g/mol. The lowest BCUT2D eigenvalue weighted by Gasteiger charge is -2.39. The molecule has 1 amide bonds. The molecule has 0 spiro atoms. The van der Waals surface area contributed by atoms with Gasteiger partial charge in [0, 0.05) is 24.9 Å². The van der Waals surface area contributed by atoms with Crippen molar-refractivity contribution in [1.29, 1.82) is 0 Å². The van der Waals surface area contributed by atoms with E-state index in [2.05, 4.69) is 10.3 Å². The topological polar surface area (TPSA) is 51.0 Å². The standard InChI is InChI=1S/C13H18N4O/c1-10(11-4-2-3-5-11)13(18)16-8-12(9-16)17-7-6-14-15-17/h6-7,12H,2-5,8-9H2,1H3. The van der Waals surface area contributed by atoms with Crippen molar-refractivity contribution >= 4 is 5.91 Å². The number of carbonyl (C=O) groups is 1. The fourth-order valence-corrected chi connectivity index (χ4v) is 2.77. The van der Waals surface area contributed by atoms with E-state index in [1.54, 1.807) is 6.20 Å². The van der Waals surface area contributed by atoms with Crippen LogP contribution >= 0.6 is 0 Å². The SMILES string of the molecule is CC(C(=O)N1CC(n2ccnn2)C1)=C1CCCC1. The fourth-order valence-electron chi connectivity index (χ4n) is 2.77. The van der Waals surface area contributed by atoms with Crippen LogP contribution in [0.4, 0.5) is 0 Å². The first-order valence-electron chi connectivity index (χ1n) is 6.59. The van der Waals surface area contributed by atoms with Crippen molar-refractivity contribution in [2.75, 3.05) is 13.1 Å². The van der Waals surface area contributed by atoms with Crippen LogP contribution in [0, 0.1) is 0 Å². The van der Waals surface area contributed by atoms with Gasteiger partial charge in [-0.05, 0) is 32.6 Å². The van der Waals surface area contributed by atoms with Crippen LogP contribution in [-0.4, -0.2) is 38.9 Å². The third kappa shape index (κ3) is 1.94. The van der Waals surface area contributed by atoms with Gasteiger partial charge in [-0.1, -0.05) is 10.8 Å². The number of allylic oxidation sites excluding steroid dienone is 1. The van der Waals surface area contributed by atoms with Crippen molar-refractivity contribution in [3.63, 3.8) is 0 Å². The van der Waals surface area contributed by atoms with Gasteiger partial charge in [0.1, 0.15) is 0 Å². The van der Waals surface area contributed by atoms with Crippen molar-refractivity contribution < 1.29 is 4.79 Å². The van der Waals surface area contributed by atoms with Crippen molar-refractivity contribution in [1.82, 2.24) is 19.9 Å². The van der Waals surface area contributed by atoms with Crippen molar-refractivity contribution in [3.8, 4) is 0 Å². The van der Waals surface area contributed by atoms with Gasteiger partial charge in [0.05, 0.1) is 12.2 Å². The first-order chi connectivity index (χ1) is 8.75. The highest BCUT2D eigenvalue weighted by atomic mass is 16.2. The van der Waals surface area contributed by atoms with Gasteiger partial charge in [-0.15, -0.1) is 5.10 Å². The first kappa shape index (κ1) is 11.4. The Morgan fingerprint density at radius 2 is 2.06 bits per heavy atom. The highest BCUT2D eigenvalue weighted by Gasteiger charge is 2.33. The molecule has 1 aliphatic carbocycles. The second-order valence-electron chi connectivity index (χ2n) is 5.18. The quantitative estimate of drug-likeness (QED) is 0.744. The lowest BCUT2D eigenvalue weighted by molar-refractivity contribution is -0.132. The molecule has 1 aromatic heterocycles. The highest BCUT2D eigenvalue weighted by molar-refractivity contribution is 5.94. The van der Waals surface area contributed by atoms with E-state index in [1.807, 2.05) is 22.7 Å². The summed E-state index contributed by atoms with van der Waals surface area (Å²) in [4.78, 5) is 14.2. The van der Waals surface area contributed by atoms with Crippen molar-refractivity contribution in [2.24, 2.45) is 0 Å². The Morgan fingerprint density at radius 1 is 1.33 bits per heavy atom. The minimum absolute atomic E-state index is 0.211. The van der Waals surface area contributed by atoms with Gasteiger partial charge in [-0.2, -0.15) is 0 Å². The predicted molar refractivity (Wildman–Crippen MR) is 66.8 cm³/mol. The van der Waals surface area contributed by atoms with Gasteiger partial charge >= 0.3 is 0 Å². The Balaban J connectivity index is 1.61. The highest BCUT2D eigenvalue weighted by Crippen LogP contribution is 2.29. The number of aromatic nitrogens is 3. The number of hydrogen-bond acceptors (Lipinski definition) is 3. The molecule has 0 aromatic carbocycles. The molecule has 18 heavy (non-hydrogen) atoms. The van der Waals surface area contributed by atoms with E-state index < -0.39 is 0 Å². The van der Waals surface area contributed by atoms with Crippen LogP contribution in [0.25, 0.3) is 0 Å². The molecule has 0 radical (unpaired) electrons. The third-order valence-electron chi connectivity index (χ3n) is 4.02. The van der Waals surface area contributed by atoms with Gasteiger partial charge in [-0.3, -0.25) is 4.79 Å². The van der Waals surface area contributed by atoms with Crippen LogP contribution in [0.5, 0.6) is 0 Å². The molecule has 0 atom stereocenters. The number of likely N-dealkylation sites (tertiary alicyclic amines) is 1. The van der Waals surface area contributed by atoms with Crippen LogP contribution in [-0.2, 0) is 4.79 Å². The Kier molecular flexibility index (Phi) is 2.89. The summed E-state index contributed by atoms with van der Waals surface area (Å²) in [7, 11) is 0. The zero-order valence-electron chi connectivity index (χ0n) is 10.7. The van der Waals surface area contributed by atoms with Crippen molar-refractivity contribution in [2.45, 2.75) is 38.6 Å². The van der Waals surface area contributed by atoms with Crippen LogP contribution in [0.1, 0.15) is 38.6 Å². The lowest BCUT2D eigenvalue weighted by atomic mass is 10.0. The number of rotatable bonds is 2. The molecule has 2 aliphatic rings. The van der Waals surface area contributed by atoms with Crippen LogP contribution < -0.4 is 0 Å². The summed E-state index contributed by atoms with van der Waals surface area (Å²) in [5.41, 5.74) is 2.34. The monoisotopic (exact) mass is 246 g/mol. The predicted octanol–water partition coefficient (Wildman–Crippen LogP) is 1.55. The van der Waals surface area contributed by atoms with E-state index in [1.165, 1.54) is 18.4 Å². The minimum Gasteiger partial charge on any atom is -0.334 e. The normalized spacial score (nSPS) is 20.1. The Hall–Kier alpha value is -1.65. The van der Waals surface area contributed by atoms with E-state index in [0.29, 0.717) is 6.04 Å². The summed E-state index contributed by atoms with van der Waals surface area (Å²) in [6, 6.07) is 0.304. The van der Waals surface area contributed by atoms with Crippen molar-refractivity contribution in [3.05, 3.63) is 23.5 Å². The summed E-state index contributed by atoms with van der Waals surface area (Å²) in [5.74, 6) is 0.211. The zero-order chi connectivity index (χ0) is 12.5. The molecule has 0 unspecified atom stereocenters. The van der Waals surface area contributed by atoms with Gasteiger partial charge < -0.3 is 4.90 Å². The van der Waals surface area contributed by atoms with E-state index in [9.17, 15) is 4.79 Å². The third-order valence-corrected chi connectivity index (χ3v) is 4.02. The average Bonchev–Trinajstić information content (AvgIpc) is 2.98. The molecule has 5 nitrogen and oxygen atoms in total. The molecule has 1 aliphatic heterocycles. The maximum Gasteiger partial charge on any atom is 0.249 e. The number of nitrogens with zero attached hydrogens (tertiary/aromatic N) is 4. The zero-order valence-corrected chi connectivity index (χ0v) is 10.7. The smallest absolute Gasteiger partial charge is 0.249 e. The van der Waals surface area contributed by atoms with E-state index in [0.717, 1.165) is 31.5 Å². The molecule has 0 N–H and O–H groups in total. The van der Waals surface area contributed by atoms with Crippen LogP contribution in [0.2, 0.25) is 0 Å². The maximum atomic E-state index is 12.3. The number of hydrogen-bond donors (Lipinski definition) is 0. The maximum absolute atomic E-state index is 12.3. The molecule has 5 heteroatoms. The molecular formula is C13H18N4O. The second kappa shape index (κ2) is 4.55. The largest absolute Gasteiger partial charge is 0.334 e. The Bertz CT molecular complexity index is 463. The molecular weight excluding hydrogens is 228 g/mol. The van der Waals surface area contributed by atoms with E-state index >= 15 is 0 Å². The summed E-state index contributed by atoms with van der Waals surface area (Å²) in [6.45, 7) is 3.49. The number of amides is 1. The number of carbonyl (C=O) groups excluding carboxylic acids is 1. The molecule has 1 aromatic rings. The first-order valence-corrected chi connectivity index (χ1v) is 6.59. The molecule has 3 rings (SSSR count). The molecule has 2 fully saturated rings. The van der Waals surface area contributed by atoms with Gasteiger partial charge in [0.25, 0.3) is 0 Å². The summed E-state index contributed by atoms with van der Waals surface area (Å²) < 4.78 is 1.84. The Morgan fingerprint density at radius 3 is 2.67 bits per heavy atom. The van der Waals surface area contributed by atoms with Gasteiger partial charge in [0.15, 0.2) is 0 Å². The second-order valence-corrected chi connectivity index (χ2v) is 5.18. The summed E-state index contributed by atoms with van der Waals surface area (Å²) >= 11 is 0. The summed E-state index contributed by atoms with van der Waals surface area (Å²) in [5, 5.41) is 7.76. The van der Waals surface area contributed by atoms with Crippen LogP contribution in [0.15, 0.2) is 23.5 Å². The molecule has 1 saturated carbocycles. The fraction of sp³-hybridized carbons (Fsp3) is 0.615. The molecule has 0 bridgehead atoms. The Labute approximate surface area is 106 Å². The minimum atomic E-state index is 0.211. The molecule has 96 valence electrons. The van der Waals surface area contributed by atoms with E-state index in [4.69, 9.17) is 0 Å². The summed E-state index contributed by atoms with van der Waals surface area (Å²) in [6.07, 6.45) is 8.23. The lowest BCUT2D eigenvalue weighted by Crippen LogP contribution is -2.51. The van der Waals surface area contributed by atoms with Gasteiger partial charge in [0.2, 0.25) is 5.91 Å².